The average molecular weight is 253 g/mol. The second-order valence-corrected chi connectivity index (χ2v) is 3.90. The molecule has 0 aliphatic carbocycles. The first-order chi connectivity index (χ1) is 8.50. The first-order valence-electron chi connectivity index (χ1n) is 5.33. The van der Waals surface area contributed by atoms with E-state index in [0.29, 0.717) is 22.5 Å². The van der Waals surface area contributed by atoms with Gasteiger partial charge in [-0.15, -0.1) is 0 Å². The normalized spacial score (nSPS) is 10.9. The van der Waals surface area contributed by atoms with Crippen molar-refractivity contribution in [1.82, 2.24) is 9.78 Å². The van der Waals surface area contributed by atoms with Gasteiger partial charge in [-0.05, 0) is 18.6 Å². The van der Waals surface area contributed by atoms with Gasteiger partial charge in [-0.3, -0.25) is 4.68 Å². The largest absolute Gasteiger partial charge is 0.434 e. The molecule has 1 aromatic heterocycles. The Morgan fingerprint density at radius 1 is 1.39 bits per heavy atom. The Balaban J connectivity index is 2.61. The van der Waals surface area contributed by atoms with Gasteiger partial charge in [0.2, 0.25) is 0 Å². The van der Waals surface area contributed by atoms with Gasteiger partial charge in [-0.1, -0.05) is 12.1 Å². The van der Waals surface area contributed by atoms with Gasteiger partial charge in [0, 0.05) is 12.6 Å². The molecule has 0 bridgehead atoms. The zero-order valence-electron chi connectivity index (χ0n) is 10.0. The van der Waals surface area contributed by atoms with Crippen LogP contribution in [0.2, 0.25) is 0 Å². The highest BCUT2D eigenvalue weighted by Gasteiger charge is 2.18. The summed E-state index contributed by atoms with van der Waals surface area (Å²) in [7, 11) is 1.69. The van der Waals surface area contributed by atoms with Crippen molar-refractivity contribution in [2.45, 2.75) is 13.5 Å². The number of aryl methyl sites for hydroxylation is 2. The summed E-state index contributed by atoms with van der Waals surface area (Å²) in [6, 6.07) is 5.14. The Bertz CT molecular complexity index is 547. The van der Waals surface area contributed by atoms with Crippen LogP contribution in [0.15, 0.2) is 24.4 Å². The molecule has 0 fully saturated rings. The molecule has 2 aromatic rings. The monoisotopic (exact) mass is 253 g/mol. The lowest BCUT2D eigenvalue weighted by atomic mass is 10.1. The molecule has 0 saturated carbocycles. The third kappa shape index (κ3) is 2.13. The highest BCUT2D eigenvalue weighted by atomic mass is 19.3. The molecule has 0 unspecified atom stereocenters. The Labute approximate surface area is 103 Å². The van der Waals surface area contributed by atoms with Crippen LogP contribution >= 0.6 is 0 Å². The van der Waals surface area contributed by atoms with E-state index in [4.69, 9.17) is 5.73 Å². The van der Waals surface area contributed by atoms with Crippen molar-refractivity contribution in [3.63, 3.8) is 0 Å². The number of nitrogen functional groups attached to an aromatic ring is 1. The van der Waals surface area contributed by atoms with Crippen molar-refractivity contribution in [3.8, 4) is 17.0 Å². The smallest absolute Gasteiger partial charge is 0.387 e. The van der Waals surface area contributed by atoms with E-state index in [1.54, 1.807) is 32.2 Å². The van der Waals surface area contributed by atoms with Crippen LogP contribution in [0, 0.1) is 6.92 Å². The number of rotatable bonds is 3. The van der Waals surface area contributed by atoms with Gasteiger partial charge >= 0.3 is 6.61 Å². The molecule has 2 rings (SSSR count). The molecule has 1 heterocycles. The zero-order valence-corrected chi connectivity index (χ0v) is 10.0. The minimum Gasteiger partial charge on any atom is -0.434 e. The van der Waals surface area contributed by atoms with Crippen LogP contribution in [-0.2, 0) is 7.05 Å². The highest BCUT2D eigenvalue weighted by Crippen LogP contribution is 2.36. The first-order valence-corrected chi connectivity index (χ1v) is 5.33. The van der Waals surface area contributed by atoms with Gasteiger partial charge in [0.15, 0.2) is 0 Å². The topological polar surface area (TPSA) is 53.1 Å². The molecule has 0 saturated heterocycles. The quantitative estimate of drug-likeness (QED) is 0.914. The van der Waals surface area contributed by atoms with Gasteiger partial charge in [0.05, 0.1) is 17.6 Å². The number of nitrogens with zero attached hydrogens (tertiary/aromatic N) is 2. The van der Waals surface area contributed by atoms with E-state index in [9.17, 15) is 8.78 Å². The summed E-state index contributed by atoms with van der Waals surface area (Å²) in [5.74, 6) is 0.128. The standard InChI is InChI=1S/C12H13F2N3O/c1-7-4-3-5-8(11(7)18-12(13)14)10-9(15)6-16-17(10)2/h3-6,12H,15H2,1-2H3. The number of hydrogen-bond acceptors (Lipinski definition) is 3. The van der Waals surface area contributed by atoms with Gasteiger partial charge in [0.25, 0.3) is 0 Å². The number of nitrogens with two attached hydrogens (primary N) is 1. The van der Waals surface area contributed by atoms with E-state index in [-0.39, 0.29) is 5.75 Å². The van der Waals surface area contributed by atoms with Gasteiger partial charge < -0.3 is 10.5 Å². The van der Waals surface area contributed by atoms with E-state index < -0.39 is 6.61 Å². The number of benzene rings is 1. The molecule has 1 aromatic carbocycles. The number of anilines is 1. The number of halogens is 2. The zero-order chi connectivity index (χ0) is 13.3. The van der Waals surface area contributed by atoms with E-state index in [0.717, 1.165) is 0 Å². The molecule has 18 heavy (non-hydrogen) atoms. The maximum absolute atomic E-state index is 12.4. The number of ether oxygens (including phenoxy) is 1. The lowest BCUT2D eigenvalue weighted by molar-refractivity contribution is -0.0499. The van der Waals surface area contributed by atoms with Crippen molar-refractivity contribution in [3.05, 3.63) is 30.0 Å². The SMILES string of the molecule is Cc1cccc(-c2c(N)cnn2C)c1OC(F)F. The molecular weight excluding hydrogens is 240 g/mol. The Hall–Kier alpha value is -2.11. The molecule has 6 heteroatoms. The fraction of sp³-hybridized carbons (Fsp3) is 0.250. The Morgan fingerprint density at radius 2 is 2.11 bits per heavy atom. The maximum atomic E-state index is 12.4. The Morgan fingerprint density at radius 3 is 2.67 bits per heavy atom. The third-order valence-corrected chi connectivity index (χ3v) is 2.64. The van der Waals surface area contributed by atoms with E-state index in [1.807, 2.05) is 0 Å². The minimum atomic E-state index is -2.88. The van der Waals surface area contributed by atoms with Crippen molar-refractivity contribution in [1.29, 1.82) is 0 Å². The summed E-state index contributed by atoms with van der Waals surface area (Å²) >= 11 is 0. The van der Waals surface area contributed by atoms with Crippen LogP contribution < -0.4 is 10.5 Å². The lowest BCUT2D eigenvalue weighted by Crippen LogP contribution is -2.06. The number of alkyl halides is 2. The molecule has 4 nitrogen and oxygen atoms in total. The molecule has 96 valence electrons. The van der Waals surface area contributed by atoms with Crippen molar-refractivity contribution in [2.75, 3.05) is 5.73 Å². The summed E-state index contributed by atoms with van der Waals surface area (Å²) in [5, 5.41) is 3.99. The van der Waals surface area contributed by atoms with Crippen LogP contribution in [0.4, 0.5) is 14.5 Å². The summed E-state index contributed by atoms with van der Waals surface area (Å²) in [4.78, 5) is 0. The number of para-hydroxylation sites is 1. The first kappa shape index (κ1) is 12.3. The van der Waals surface area contributed by atoms with Crippen molar-refractivity contribution in [2.24, 2.45) is 7.05 Å². The summed E-state index contributed by atoms with van der Waals surface area (Å²) < 4.78 is 31.0. The predicted octanol–water partition coefficient (Wildman–Crippen LogP) is 2.58. The second-order valence-electron chi connectivity index (χ2n) is 3.90. The van der Waals surface area contributed by atoms with E-state index in [2.05, 4.69) is 9.84 Å². The van der Waals surface area contributed by atoms with Crippen molar-refractivity contribution < 1.29 is 13.5 Å². The average Bonchev–Trinajstić information content (AvgIpc) is 2.61. The van der Waals surface area contributed by atoms with Crippen molar-refractivity contribution >= 4 is 5.69 Å². The molecule has 0 atom stereocenters. The maximum Gasteiger partial charge on any atom is 0.387 e. The van der Waals surface area contributed by atoms with Crippen LogP contribution in [0.3, 0.4) is 0 Å². The summed E-state index contributed by atoms with van der Waals surface area (Å²) in [6.07, 6.45) is 1.48. The second kappa shape index (κ2) is 4.64. The van der Waals surface area contributed by atoms with Crippen LogP contribution in [-0.4, -0.2) is 16.4 Å². The summed E-state index contributed by atoms with van der Waals surface area (Å²) in [5.41, 5.74) is 7.91. The van der Waals surface area contributed by atoms with Gasteiger partial charge in [0.1, 0.15) is 5.75 Å². The molecule has 0 radical (unpaired) electrons. The molecule has 0 aliphatic rings. The number of hydrogen-bond donors (Lipinski definition) is 1. The summed E-state index contributed by atoms with van der Waals surface area (Å²) in [6.45, 7) is -1.17. The molecule has 0 amide bonds. The number of aromatic nitrogens is 2. The van der Waals surface area contributed by atoms with Crippen LogP contribution in [0.1, 0.15) is 5.56 Å². The predicted molar refractivity (Wildman–Crippen MR) is 64.4 cm³/mol. The van der Waals surface area contributed by atoms with Gasteiger partial charge in [-0.25, -0.2) is 0 Å². The highest BCUT2D eigenvalue weighted by molar-refractivity contribution is 5.78. The third-order valence-electron chi connectivity index (χ3n) is 2.64. The van der Waals surface area contributed by atoms with Gasteiger partial charge in [-0.2, -0.15) is 13.9 Å². The minimum absolute atomic E-state index is 0.128. The Kier molecular flexibility index (Phi) is 3.18. The lowest BCUT2D eigenvalue weighted by Gasteiger charge is -2.14. The molecule has 2 N–H and O–H groups in total. The molecular formula is C12H13F2N3O. The van der Waals surface area contributed by atoms with Crippen LogP contribution in [0.25, 0.3) is 11.3 Å². The fourth-order valence-corrected chi connectivity index (χ4v) is 1.87. The van der Waals surface area contributed by atoms with E-state index in [1.165, 1.54) is 10.9 Å². The van der Waals surface area contributed by atoms with E-state index >= 15 is 0 Å². The molecule has 0 spiro atoms. The fourth-order valence-electron chi connectivity index (χ4n) is 1.87. The molecule has 0 aliphatic heterocycles. The van der Waals surface area contributed by atoms with Crippen LogP contribution in [0.5, 0.6) is 5.75 Å².